The zero-order chi connectivity index (χ0) is 11.4. The first kappa shape index (κ1) is 10.6. The van der Waals surface area contributed by atoms with Crippen molar-refractivity contribution in [1.82, 2.24) is 20.4 Å². The van der Waals surface area contributed by atoms with Gasteiger partial charge in [-0.05, 0) is 6.92 Å². The molecule has 0 spiro atoms. The second kappa shape index (κ2) is 4.71. The number of anilines is 2. The Labute approximate surface area is 95.3 Å². The molecule has 0 saturated heterocycles. The highest BCUT2D eigenvalue weighted by Gasteiger charge is 2.11. The van der Waals surface area contributed by atoms with Gasteiger partial charge in [-0.15, -0.1) is 16.4 Å². The molecule has 0 aliphatic rings. The fourth-order valence-corrected chi connectivity index (χ4v) is 1.81. The summed E-state index contributed by atoms with van der Waals surface area (Å²) in [7, 11) is 0. The van der Waals surface area contributed by atoms with Gasteiger partial charge in [0.15, 0.2) is 10.9 Å². The number of rotatable bonds is 4. The summed E-state index contributed by atoms with van der Waals surface area (Å²) >= 11 is 1.39. The van der Waals surface area contributed by atoms with Crippen LogP contribution < -0.4 is 10.6 Å². The molecule has 0 saturated carbocycles. The molecule has 3 N–H and O–H groups in total. The molecule has 1 amide bonds. The standard InChI is InChI=1S/C8H10N6OS/c1-2-9-8-11-5(4-16-8)7(15)12-6-3-10-14-13-6/h3-4H,2H2,1H3,(H,9,11)(H2,10,12,13,14,15). The van der Waals surface area contributed by atoms with Gasteiger partial charge in [0.1, 0.15) is 5.69 Å². The van der Waals surface area contributed by atoms with Crippen LogP contribution in [0.3, 0.4) is 0 Å². The third-order valence-electron chi connectivity index (χ3n) is 1.72. The molecule has 2 aromatic rings. The highest BCUT2D eigenvalue weighted by Crippen LogP contribution is 2.15. The number of thiazole rings is 1. The Bertz CT molecular complexity index is 465. The van der Waals surface area contributed by atoms with Crippen molar-refractivity contribution in [2.45, 2.75) is 6.92 Å². The molecule has 0 fully saturated rings. The highest BCUT2D eigenvalue weighted by atomic mass is 32.1. The molecule has 16 heavy (non-hydrogen) atoms. The van der Waals surface area contributed by atoms with Gasteiger partial charge in [-0.1, -0.05) is 0 Å². The van der Waals surface area contributed by atoms with Gasteiger partial charge in [0.2, 0.25) is 0 Å². The molecule has 7 nitrogen and oxygen atoms in total. The fourth-order valence-electron chi connectivity index (χ4n) is 1.05. The minimum absolute atomic E-state index is 0.297. The van der Waals surface area contributed by atoms with Crippen LogP contribution in [0.1, 0.15) is 17.4 Å². The Balaban J connectivity index is 2.03. The van der Waals surface area contributed by atoms with Crippen LogP contribution in [0.4, 0.5) is 10.9 Å². The fraction of sp³-hybridized carbons (Fsp3) is 0.250. The Morgan fingerprint density at radius 2 is 2.50 bits per heavy atom. The van der Waals surface area contributed by atoms with Crippen LogP contribution in [0, 0.1) is 0 Å². The molecule has 0 aliphatic carbocycles. The monoisotopic (exact) mass is 238 g/mol. The van der Waals surface area contributed by atoms with Crippen LogP contribution in [-0.4, -0.2) is 32.8 Å². The number of amides is 1. The maximum Gasteiger partial charge on any atom is 0.276 e. The largest absolute Gasteiger partial charge is 0.362 e. The van der Waals surface area contributed by atoms with Crippen molar-refractivity contribution >= 4 is 28.2 Å². The molecule has 0 unspecified atom stereocenters. The summed E-state index contributed by atoms with van der Waals surface area (Å²) in [6.07, 6.45) is 1.43. The van der Waals surface area contributed by atoms with Gasteiger partial charge >= 0.3 is 0 Å². The van der Waals surface area contributed by atoms with Crippen LogP contribution in [0.2, 0.25) is 0 Å². The predicted octanol–water partition coefficient (Wildman–Crippen LogP) is 0.945. The molecular formula is C8H10N6OS. The Hall–Kier alpha value is -1.96. The summed E-state index contributed by atoms with van der Waals surface area (Å²) in [5.74, 6) is 0.0808. The number of carbonyl (C=O) groups is 1. The summed E-state index contributed by atoms with van der Waals surface area (Å²) in [5, 5.41) is 17.7. The van der Waals surface area contributed by atoms with Crippen LogP contribution >= 0.6 is 11.3 Å². The van der Waals surface area contributed by atoms with Gasteiger partial charge in [-0.25, -0.2) is 4.98 Å². The summed E-state index contributed by atoms with van der Waals surface area (Å²) in [5.41, 5.74) is 0.365. The number of aromatic nitrogens is 4. The molecule has 0 atom stereocenters. The van der Waals surface area contributed by atoms with Crippen molar-refractivity contribution in [3.8, 4) is 0 Å². The molecular weight excluding hydrogens is 228 g/mol. The van der Waals surface area contributed by atoms with Crippen LogP contribution in [0.5, 0.6) is 0 Å². The second-order valence-electron chi connectivity index (χ2n) is 2.88. The van der Waals surface area contributed by atoms with Crippen molar-refractivity contribution in [2.75, 3.05) is 17.2 Å². The van der Waals surface area contributed by atoms with E-state index in [-0.39, 0.29) is 5.91 Å². The Kier molecular flexibility index (Phi) is 3.10. The van der Waals surface area contributed by atoms with Gasteiger partial charge in [0.05, 0.1) is 6.20 Å². The quantitative estimate of drug-likeness (QED) is 0.737. The number of nitrogens with one attached hydrogen (secondary N) is 3. The van der Waals surface area contributed by atoms with Crippen LogP contribution in [0.25, 0.3) is 0 Å². The van der Waals surface area contributed by atoms with E-state index in [0.717, 1.165) is 11.7 Å². The third kappa shape index (κ3) is 2.34. The summed E-state index contributed by atoms with van der Waals surface area (Å²) in [4.78, 5) is 15.8. The molecule has 0 aromatic carbocycles. The van der Waals surface area contributed by atoms with E-state index in [1.54, 1.807) is 5.38 Å². The molecule has 2 rings (SSSR count). The van der Waals surface area contributed by atoms with E-state index < -0.39 is 0 Å². The topological polar surface area (TPSA) is 95.6 Å². The van der Waals surface area contributed by atoms with Crippen molar-refractivity contribution < 1.29 is 4.79 Å². The Morgan fingerprint density at radius 1 is 1.62 bits per heavy atom. The number of hydrogen-bond donors (Lipinski definition) is 3. The number of carbonyl (C=O) groups excluding carboxylic acids is 1. The van der Waals surface area contributed by atoms with Gasteiger partial charge in [-0.3, -0.25) is 4.79 Å². The van der Waals surface area contributed by atoms with Gasteiger partial charge < -0.3 is 10.6 Å². The molecule has 8 heteroatoms. The molecule has 2 aromatic heterocycles. The molecule has 84 valence electrons. The maximum atomic E-state index is 11.7. The van der Waals surface area contributed by atoms with Gasteiger partial charge in [0.25, 0.3) is 5.91 Å². The minimum Gasteiger partial charge on any atom is -0.362 e. The lowest BCUT2D eigenvalue weighted by atomic mass is 10.4. The molecule has 2 heterocycles. The maximum absolute atomic E-state index is 11.7. The summed E-state index contributed by atoms with van der Waals surface area (Å²) < 4.78 is 0. The van der Waals surface area contributed by atoms with Crippen LogP contribution in [0.15, 0.2) is 11.6 Å². The van der Waals surface area contributed by atoms with E-state index in [9.17, 15) is 4.79 Å². The van der Waals surface area contributed by atoms with Crippen LogP contribution in [-0.2, 0) is 0 Å². The first-order valence-corrected chi connectivity index (χ1v) is 5.54. The van der Waals surface area contributed by atoms with E-state index in [1.165, 1.54) is 17.5 Å². The van der Waals surface area contributed by atoms with Crippen molar-refractivity contribution in [3.63, 3.8) is 0 Å². The molecule has 0 bridgehead atoms. The number of nitrogens with zero attached hydrogens (tertiary/aromatic N) is 3. The third-order valence-corrected chi connectivity index (χ3v) is 2.52. The SMILES string of the molecule is CCNc1nc(C(=O)Nc2cn[nH]n2)cs1. The van der Waals surface area contributed by atoms with E-state index in [0.29, 0.717) is 11.5 Å². The number of H-pyrrole nitrogens is 1. The van der Waals surface area contributed by atoms with Crippen molar-refractivity contribution in [3.05, 3.63) is 17.3 Å². The second-order valence-corrected chi connectivity index (χ2v) is 3.74. The summed E-state index contributed by atoms with van der Waals surface area (Å²) in [6, 6.07) is 0. The lowest BCUT2D eigenvalue weighted by molar-refractivity contribution is 0.102. The van der Waals surface area contributed by atoms with E-state index >= 15 is 0 Å². The van der Waals surface area contributed by atoms with Gasteiger partial charge in [-0.2, -0.15) is 10.3 Å². The lowest BCUT2D eigenvalue weighted by Crippen LogP contribution is -2.12. The van der Waals surface area contributed by atoms with E-state index in [2.05, 4.69) is 31.0 Å². The molecule has 0 radical (unpaired) electrons. The summed E-state index contributed by atoms with van der Waals surface area (Å²) in [6.45, 7) is 2.74. The first-order chi connectivity index (χ1) is 7.79. The average molecular weight is 238 g/mol. The normalized spacial score (nSPS) is 10.1. The highest BCUT2D eigenvalue weighted by molar-refractivity contribution is 7.13. The lowest BCUT2D eigenvalue weighted by Gasteiger charge is -1.97. The molecule has 0 aliphatic heterocycles. The van der Waals surface area contributed by atoms with Crippen molar-refractivity contribution in [1.29, 1.82) is 0 Å². The first-order valence-electron chi connectivity index (χ1n) is 4.66. The average Bonchev–Trinajstić information content (AvgIpc) is 2.89. The predicted molar refractivity (Wildman–Crippen MR) is 60.6 cm³/mol. The van der Waals surface area contributed by atoms with E-state index in [4.69, 9.17) is 0 Å². The zero-order valence-corrected chi connectivity index (χ0v) is 9.34. The Morgan fingerprint density at radius 3 is 3.19 bits per heavy atom. The minimum atomic E-state index is -0.297. The van der Waals surface area contributed by atoms with E-state index in [1.807, 2.05) is 6.92 Å². The number of aromatic amines is 1. The zero-order valence-electron chi connectivity index (χ0n) is 8.52. The smallest absolute Gasteiger partial charge is 0.276 e. The number of hydrogen-bond acceptors (Lipinski definition) is 6. The van der Waals surface area contributed by atoms with Crippen molar-refractivity contribution in [2.24, 2.45) is 0 Å². The van der Waals surface area contributed by atoms with Gasteiger partial charge in [0, 0.05) is 11.9 Å².